The van der Waals surface area contributed by atoms with E-state index in [1.807, 2.05) is 11.3 Å². The highest BCUT2D eigenvalue weighted by molar-refractivity contribution is 7.12. The van der Waals surface area contributed by atoms with Crippen molar-refractivity contribution in [2.75, 3.05) is 6.54 Å². The largest absolute Gasteiger partial charge is 0.326 e. The van der Waals surface area contributed by atoms with E-state index < -0.39 is 0 Å². The lowest BCUT2D eigenvalue weighted by atomic mass is 10.0. The average molecular weight is 250 g/mol. The van der Waals surface area contributed by atoms with Crippen molar-refractivity contribution in [3.63, 3.8) is 0 Å². The Bertz CT molecular complexity index is 383. The first-order valence-electron chi connectivity index (χ1n) is 6.83. The zero-order valence-electron chi connectivity index (χ0n) is 10.6. The molecule has 0 amide bonds. The molecule has 0 bridgehead atoms. The second kappa shape index (κ2) is 4.71. The summed E-state index contributed by atoms with van der Waals surface area (Å²) in [6.45, 7) is 3.44. The van der Waals surface area contributed by atoms with Crippen molar-refractivity contribution in [1.29, 1.82) is 0 Å². The Hall–Kier alpha value is -0.380. The van der Waals surface area contributed by atoms with Crippen LogP contribution in [0.4, 0.5) is 0 Å². The van der Waals surface area contributed by atoms with Gasteiger partial charge in [-0.3, -0.25) is 4.90 Å². The molecule has 3 rings (SSSR count). The molecule has 0 aromatic carbocycles. The Kier molecular flexibility index (Phi) is 3.24. The second-order valence-electron chi connectivity index (χ2n) is 5.52. The minimum atomic E-state index is 0.330. The van der Waals surface area contributed by atoms with Gasteiger partial charge >= 0.3 is 0 Å². The SMILES string of the molecule is Cc1ccc(C2C(N)CCCCN2C2CC2)s1. The van der Waals surface area contributed by atoms with Crippen LogP contribution in [0.15, 0.2) is 12.1 Å². The van der Waals surface area contributed by atoms with Crippen LogP contribution in [0.2, 0.25) is 0 Å². The fourth-order valence-corrected chi connectivity index (χ4v) is 4.09. The molecule has 2 fully saturated rings. The van der Waals surface area contributed by atoms with Crippen LogP contribution in [0.25, 0.3) is 0 Å². The number of aryl methyl sites for hydroxylation is 1. The number of hydrogen-bond acceptors (Lipinski definition) is 3. The van der Waals surface area contributed by atoms with Crippen LogP contribution in [-0.4, -0.2) is 23.5 Å². The van der Waals surface area contributed by atoms with E-state index in [2.05, 4.69) is 24.0 Å². The van der Waals surface area contributed by atoms with Gasteiger partial charge in [-0.1, -0.05) is 6.42 Å². The van der Waals surface area contributed by atoms with Gasteiger partial charge in [0.25, 0.3) is 0 Å². The van der Waals surface area contributed by atoms with Crippen molar-refractivity contribution in [1.82, 2.24) is 4.90 Å². The first-order valence-corrected chi connectivity index (χ1v) is 7.65. The van der Waals surface area contributed by atoms with E-state index in [9.17, 15) is 0 Å². The number of nitrogens with two attached hydrogens (primary N) is 1. The molecule has 17 heavy (non-hydrogen) atoms. The van der Waals surface area contributed by atoms with Gasteiger partial charge in [-0.15, -0.1) is 11.3 Å². The molecular weight excluding hydrogens is 228 g/mol. The summed E-state index contributed by atoms with van der Waals surface area (Å²) in [4.78, 5) is 5.60. The van der Waals surface area contributed by atoms with E-state index in [-0.39, 0.29) is 0 Å². The lowest BCUT2D eigenvalue weighted by Gasteiger charge is -2.32. The van der Waals surface area contributed by atoms with E-state index in [0.717, 1.165) is 6.04 Å². The normalized spacial score (nSPS) is 31.4. The predicted molar refractivity (Wildman–Crippen MR) is 73.4 cm³/mol. The maximum Gasteiger partial charge on any atom is 0.0595 e. The van der Waals surface area contributed by atoms with Crippen LogP contribution in [-0.2, 0) is 0 Å². The Balaban J connectivity index is 1.89. The lowest BCUT2D eigenvalue weighted by molar-refractivity contribution is 0.178. The molecule has 2 unspecified atom stereocenters. The zero-order valence-corrected chi connectivity index (χ0v) is 11.4. The molecule has 3 heteroatoms. The van der Waals surface area contributed by atoms with Crippen LogP contribution in [0.1, 0.15) is 47.9 Å². The molecule has 1 saturated carbocycles. The Morgan fingerprint density at radius 3 is 2.71 bits per heavy atom. The summed E-state index contributed by atoms with van der Waals surface area (Å²) in [7, 11) is 0. The van der Waals surface area contributed by atoms with E-state index in [4.69, 9.17) is 5.73 Å². The highest BCUT2D eigenvalue weighted by Crippen LogP contribution is 2.40. The third-order valence-electron chi connectivity index (χ3n) is 4.04. The van der Waals surface area contributed by atoms with Gasteiger partial charge in [-0.05, 0) is 51.3 Å². The maximum absolute atomic E-state index is 6.44. The number of hydrogen-bond donors (Lipinski definition) is 1. The van der Waals surface area contributed by atoms with Gasteiger partial charge in [0.1, 0.15) is 0 Å². The number of nitrogens with zero attached hydrogens (tertiary/aromatic N) is 1. The Labute approximate surface area is 108 Å². The maximum atomic E-state index is 6.44. The molecule has 0 spiro atoms. The molecule has 2 aliphatic rings. The molecule has 94 valence electrons. The number of rotatable bonds is 2. The van der Waals surface area contributed by atoms with Crippen LogP contribution in [0, 0.1) is 6.92 Å². The van der Waals surface area contributed by atoms with Crippen molar-refractivity contribution in [2.24, 2.45) is 5.73 Å². The topological polar surface area (TPSA) is 29.3 Å². The summed E-state index contributed by atoms with van der Waals surface area (Å²) in [5.41, 5.74) is 6.44. The molecule has 1 aliphatic carbocycles. The standard InChI is InChI=1S/C14H22N2S/c1-10-5-8-13(17-10)14-12(15)4-2-3-9-16(14)11-6-7-11/h5,8,11-12,14H,2-4,6-7,9,15H2,1H3. The summed E-state index contributed by atoms with van der Waals surface area (Å²) < 4.78 is 0. The molecule has 1 aromatic heterocycles. The van der Waals surface area contributed by atoms with E-state index in [1.54, 1.807) is 0 Å². The monoisotopic (exact) mass is 250 g/mol. The molecule has 1 aliphatic heterocycles. The molecule has 2 heterocycles. The van der Waals surface area contributed by atoms with E-state index in [0.29, 0.717) is 12.1 Å². The van der Waals surface area contributed by atoms with Crippen LogP contribution < -0.4 is 5.73 Å². The molecule has 1 saturated heterocycles. The molecule has 2 nitrogen and oxygen atoms in total. The average Bonchev–Trinajstić information content (AvgIpc) is 3.07. The number of thiophene rings is 1. The van der Waals surface area contributed by atoms with Crippen LogP contribution in [0.3, 0.4) is 0 Å². The summed E-state index contributed by atoms with van der Waals surface area (Å²) >= 11 is 1.93. The van der Waals surface area contributed by atoms with Crippen molar-refractivity contribution in [3.05, 3.63) is 21.9 Å². The van der Waals surface area contributed by atoms with Gasteiger partial charge in [-0.2, -0.15) is 0 Å². The molecular formula is C14H22N2S. The fourth-order valence-electron chi connectivity index (χ4n) is 3.02. The van der Waals surface area contributed by atoms with E-state index >= 15 is 0 Å². The van der Waals surface area contributed by atoms with Crippen molar-refractivity contribution >= 4 is 11.3 Å². The Morgan fingerprint density at radius 1 is 1.24 bits per heavy atom. The van der Waals surface area contributed by atoms with Gasteiger partial charge in [0.05, 0.1) is 6.04 Å². The van der Waals surface area contributed by atoms with Crippen LogP contribution in [0.5, 0.6) is 0 Å². The van der Waals surface area contributed by atoms with Gasteiger partial charge in [0.2, 0.25) is 0 Å². The van der Waals surface area contributed by atoms with Crippen molar-refractivity contribution in [3.8, 4) is 0 Å². The molecule has 2 N–H and O–H groups in total. The van der Waals surface area contributed by atoms with Gasteiger partial charge in [0.15, 0.2) is 0 Å². The smallest absolute Gasteiger partial charge is 0.0595 e. The van der Waals surface area contributed by atoms with Gasteiger partial charge in [-0.25, -0.2) is 0 Å². The predicted octanol–water partition coefficient (Wildman–Crippen LogP) is 3.07. The zero-order chi connectivity index (χ0) is 11.8. The minimum Gasteiger partial charge on any atom is -0.326 e. The molecule has 2 atom stereocenters. The molecule has 0 radical (unpaired) electrons. The summed E-state index contributed by atoms with van der Waals surface area (Å²) in [5, 5.41) is 0. The summed E-state index contributed by atoms with van der Waals surface area (Å²) in [6, 6.07) is 6.18. The first-order chi connectivity index (χ1) is 8.25. The summed E-state index contributed by atoms with van der Waals surface area (Å²) in [6.07, 6.45) is 6.57. The minimum absolute atomic E-state index is 0.330. The second-order valence-corrected chi connectivity index (χ2v) is 6.84. The third kappa shape index (κ3) is 2.42. The fraction of sp³-hybridized carbons (Fsp3) is 0.714. The van der Waals surface area contributed by atoms with Gasteiger partial charge < -0.3 is 5.73 Å². The highest BCUT2D eigenvalue weighted by atomic mass is 32.1. The molecule has 1 aromatic rings. The Morgan fingerprint density at radius 2 is 2.06 bits per heavy atom. The van der Waals surface area contributed by atoms with Gasteiger partial charge in [0, 0.05) is 21.8 Å². The summed E-state index contributed by atoms with van der Waals surface area (Å²) in [5.74, 6) is 0. The highest BCUT2D eigenvalue weighted by Gasteiger charge is 2.38. The first kappa shape index (κ1) is 11.7. The van der Waals surface area contributed by atoms with Crippen molar-refractivity contribution < 1.29 is 0 Å². The van der Waals surface area contributed by atoms with Crippen molar-refractivity contribution in [2.45, 2.75) is 57.2 Å². The van der Waals surface area contributed by atoms with E-state index in [1.165, 1.54) is 48.4 Å². The lowest BCUT2D eigenvalue weighted by Crippen LogP contribution is -2.40. The third-order valence-corrected chi connectivity index (χ3v) is 5.11. The van der Waals surface area contributed by atoms with Crippen LogP contribution >= 0.6 is 11.3 Å². The quantitative estimate of drug-likeness (QED) is 0.874. The number of likely N-dealkylation sites (tertiary alicyclic amines) is 1.